The maximum atomic E-state index is 3.70. The van der Waals surface area contributed by atoms with Gasteiger partial charge in [0, 0.05) is 9.52 Å². The molecule has 11 heavy (non-hydrogen) atoms. The monoisotopic (exact) mass is 160 g/mol. The smallest absolute Gasteiger partial charge is 0.0470 e. The molecule has 0 saturated carbocycles. The van der Waals surface area contributed by atoms with Crippen LogP contribution in [0.25, 0.3) is 0 Å². The first-order chi connectivity index (χ1) is 5.43. The Morgan fingerprint density at radius 1 is 1.27 bits per heavy atom. The van der Waals surface area contributed by atoms with Gasteiger partial charge in [0.05, 0.1) is 0 Å². The molecule has 0 aromatic heterocycles. The third kappa shape index (κ3) is 3.19. The van der Waals surface area contributed by atoms with E-state index in [9.17, 15) is 0 Å². The van der Waals surface area contributed by atoms with Crippen LogP contribution < -0.4 is 0 Å². The number of hydrogen-bond donors (Lipinski definition) is 0. The lowest BCUT2D eigenvalue weighted by Gasteiger charge is -1.95. The first-order valence-electron chi connectivity index (χ1n) is 3.79. The van der Waals surface area contributed by atoms with E-state index in [0.717, 1.165) is 15.6 Å². The molecule has 0 saturated heterocycles. The Balaban J connectivity index is 2.33. The first kappa shape index (κ1) is 8.28. The summed E-state index contributed by atoms with van der Waals surface area (Å²) in [6.45, 7) is 3.70. The summed E-state index contributed by atoms with van der Waals surface area (Å²) in [7, 11) is 0.992. The average molecular weight is 160 g/mol. The lowest BCUT2D eigenvalue weighted by molar-refractivity contribution is 1.37. The molecule has 0 N–H and O–H groups in total. The van der Waals surface area contributed by atoms with Crippen molar-refractivity contribution < 1.29 is 0 Å². The fraction of sp³-hybridized carbons (Fsp3) is 0.200. The van der Waals surface area contributed by atoms with Crippen molar-refractivity contribution in [1.29, 1.82) is 0 Å². The van der Waals surface area contributed by atoms with Gasteiger partial charge in [-0.25, -0.2) is 0 Å². The Bertz CT molecular complexity index is 203. The van der Waals surface area contributed by atoms with Crippen LogP contribution in [0.5, 0.6) is 0 Å². The van der Waals surface area contributed by atoms with Gasteiger partial charge in [-0.2, -0.15) is 0 Å². The zero-order chi connectivity index (χ0) is 7.94. The zero-order valence-corrected chi connectivity index (χ0v) is 7.59. The molecule has 0 spiro atoms. The minimum Gasteiger partial charge on any atom is -0.103 e. The summed E-state index contributed by atoms with van der Waals surface area (Å²) < 4.78 is 0. The van der Waals surface area contributed by atoms with Gasteiger partial charge >= 0.3 is 0 Å². The minimum absolute atomic E-state index is 0.992. The molecule has 0 bridgehead atoms. The topological polar surface area (TPSA) is 0 Å². The Hall–Kier alpha value is -0.823. The molecular formula is C10H12Si. The molecule has 1 heteroatoms. The Kier molecular flexibility index (Phi) is 3.69. The van der Waals surface area contributed by atoms with Crippen molar-refractivity contribution in [3.8, 4) is 0 Å². The molecule has 1 aromatic carbocycles. The Morgan fingerprint density at radius 2 is 2.00 bits per heavy atom. The summed E-state index contributed by atoms with van der Waals surface area (Å²) in [4.78, 5) is 0. The molecule has 0 aliphatic rings. The fourth-order valence-corrected chi connectivity index (χ4v) is 1.79. The van der Waals surface area contributed by atoms with Crippen LogP contribution in [-0.2, 0) is 6.04 Å². The van der Waals surface area contributed by atoms with Crippen LogP contribution in [0.4, 0.5) is 0 Å². The Morgan fingerprint density at radius 3 is 2.64 bits per heavy atom. The molecule has 56 valence electrons. The Labute approximate surface area is 70.8 Å². The summed E-state index contributed by atoms with van der Waals surface area (Å²) >= 11 is 0. The fourth-order valence-electron chi connectivity index (χ4n) is 0.914. The molecule has 1 rings (SSSR count). The highest BCUT2D eigenvalue weighted by molar-refractivity contribution is 6.35. The highest BCUT2D eigenvalue weighted by Crippen LogP contribution is 1.99. The van der Waals surface area contributed by atoms with E-state index in [4.69, 9.17) is 0 Å². The molecule has 0 unspecified atom stereocenters. The lowest BCUT2D eigenvalue weighted by Crippen LogP contribution is -1.93. The van der Waals surface area contributed by atoms with Crippen molar-refractivity contribution >= 4 is 9.52 Å². The van der Waals surface area contributed by atoms with Crippen LogP contribution in [0, 0.1) is 0 Å². The van der Waals surface area contributed by atoms with E-state index in [-0.39, 0.29) is 0 Å². The number of hydrogen-bond acceptors (Lipinski definition) is 0. The van der Waals surface area contributed by atoms with Crippen LogP contribution >= 0.6 is 0 Å². The predicted octanol–water partition coefficient (Wildman–Crippen LogP) is 2.50. The summed E-state index contributed by atoms with van der Waals surface area (Å²) in [5.41, 5.74) is 1.44. The van der Waals surface area contributed by atoms with E-state index < -0.39 is 0 Å². The van der Waals surface area contributed by atoms with Gasteiger partial charge < -0.3 is 0 Å². The predicted molar refractivity (Wildman–Crippen MR) is 50.9 cm³/mol. The van der Waals surface area contributed by atoms with Gasteiger partial charge in [-0.1, -0.05) is 42.0 Å². The highest BCUT2D eigenvalue weighted by Gasteiger charge is 1.89. The molecule has 0 aliphatic carbocycles. The lowest BCUT2D eigenvalue weighted by atomic mass is 10.2. The van der Waals surface area contributed by atoms with Crippen LogP contribution in [0.3, 0.4) is 0 Å². The highest BCUT2D eigenvalue weighted by atomic mass is 28.2. The summed E-state index contributed by atoms with van der Waals surface area (Å²) in [5, 5.41) is 0. The van der Waals surface area contributed by atoms with Crippen molar-refractivity contribution in [1.82, 2.24) is 0 Å². The van der Waals surface area contributed by atoms with Gasteiger partial charge in [-0.05, 0) is 12.1 Å². The molecule has 0 fully saturated rings. The minimum atomic E-state index is 0.992. The van der Waals surface area contributed by atoms with Gasteiger partial charge in [0.25, 0.3) is 0 Å². The second kappa shape index (κ2) is 4.91. The quantitative estimate of drug-likeness (QED) is 0.361. The molecule has 1 aromatic rings. The second-order valence-corrected chi connectivity index (χ2v) is 3.67. The van der Waals surface area contributed by atoms with Crippen LogP contribution in [-0.4, -0.2) is 9.52 Å². The van der Waals surface area contributed by atoms with Crippen LogP contribution in [0.2, 0.25) is 6.04 Å². The summed E-state index contributed by atoms with van der Waals surface area (Å²) in [6, 6.07) is 12.9. The normalized spacial score (nSPS) is 9.45. The maximum absolute atomic E-state index is 3.70. The maximum Gasteiger partial charge on any atom is 0.0470 e. The standard InChI is InChI=1S/C10H12Si/c1-2-8-11-9-10-6-4-3-5-7-10/h2-7H,1,8-9H2. The molecule has 0 nitrogen and oxygen atoms in total. The van der Waals surface area contributed by atoms with Crippen LogP contribution in [0.15, 0.2) is 43.0 Å². The first-order valence-corrected chi connectivity index (χ1v) is 5.20. The average Bonchev–Trinajstić information content (AvgIpc) is 2.07. The van der Waals surface area contributed by atoms with E-state index in [0.29, 0.717) is 0 Å². The third-order valence-electron chi connectivity index (χ3n) is 1.46. The molecule has 2 radical (unpaired) electrons. The van der Waals surface area contributed by atoms with E-state index in [1.165, 1.54) is 11.6 Å². The number of rotatable bonds is 4. The summed E-state index contributed by atoms with van der Waals surface area (Å²) in [6.07, 6.45) is 1.99. The molecule has 0 aliphatic heterocycles. The van der Waals surface area contributed by atoms with E-state index in [1.807, 2.05) is 6.08 Å². The number of allylic oxidation sites excluding steroid dienone is 1. The molecule has 0 atom stereocenters. The van der Waals surface area contributed by atoms with Gasteiger partial charge in [0.2, 0.25) is 0 Å². The SMILES string of the molecule is C=CC[Si]Cc1ccccc1. The van der Waals surface area contributed by atoms with E-state index >= 15 is 0 Å². The summed E-state index contributed by atoms with van der Waals surface area (Å²) in [5.74, 6) is 0. The van der Waals surface area contributed by atoms with Crippen molar-refractivity contribution in [3.63, 3.8) is 0 Å². The zero-order valence-electron chi connectivity index (χ0n) is 6.59. The third-order valence-corrected chi connectivity index (χ3v) is 2.70. The van der Waals surface area contributed by atoms with Gasteiger partial charge in [0.1, 0.15) is 0 Å². The van der Waals surface area contributed by atoms with Crippen molar-refractivity contribution in [3.05, 3.63) is 48.6 Å². The second-order valence-electron chi connectivity index (χ2n) is 2.41. The van der Waals surface area contributed by atoms with Crippen LogP contribution in [0.1, 0.15) is 5.56 Å². The number of benzene rings is 1. The van der Waals surface area contributed by atoms with Gasteiger partial charge in [-0.15, -0.1) is 6.58 Å². The molecular weight excluding hydrogens is 148 g/mol. The molecule has 0 heterocycles. The van der Waals surface area contributed by atoms with E-state index in [1.54, 1.807) is 0 Å². The molecule has 0 amide bonds. The van der Waals surface area contributed by atoms with Crippen molar-refractivity contribution in [2.24, 2.45) is 0 Å². The van der Waals surface area contributed by atoms with Gasteiger partial charge in [-0.3, -0.25) is 0 Å². The van der Waals surface area contributed by atoms with Crippen molar-refractivity contribution in [2.75, 3.05) is 0 Å². The van der Waals surface area contributed by atoms with Crippen molar-refractivity contribution in [2.45, 2.75) is 12.1 Å². The largest absolute Gasteiger partial charge is 0.103 e. The van der Waals surface area contributed by atoms with Gasteiger partial charge in [0.15, 0.2) is 0 Å². The van der Waals surface area contributed by atoms with E-state index in [2.05, 4.69) is 36.9 Å².